The Kier molecular flexibility index (Phi) is 5.01. The molecule has 1 aromatic carbocycles. The highest BCUT2D eigenvalue weighted by Crippen LogP contribution is 2.20. The lowest BCUT2D eigenvalue weighted by atomic mass is 10.1. The van der Waals surface area contributed by atoms with Gasteiger partial charge in [-0.1, -0.05) is 12.1 Å². The molecule has 1 aliphatic rings. The first kappa shape index (κ1) is 14.9. The average molecular weight is 277 g/mol. The number of aryl methyl sites for hydroxylation is 2. The molecule has 110 valence electrons. The second kappa shape index (κ2) is 6.75. The Morgan fingerprint density at radius 1 is 1.45 bits per heavy atom. The van der Waals surface area contributed by atoms with Gasteiger partial charge in [0.1, 0.15) is 11.8 Å². The van der Waals surface area contributed by atoms with E-state index in [1.807, 2.05) is 19.9 Å². The van der Waals surface area contributed by atoms with Crippen LogP contribution in [0.5, 0.6) is 5.75 Å². The third-order valence-corrected chi connectivity index (χ3v) is 3.84. The fraction of sp³-hybridized carbons (Fsp3) is 0.562. The normalized spacial score (nSPS) is 19.2. The molecule has 0 amide bonds. The Bertz CT molecular complexity index is 473. The highest BCUT2D eigenvalue weighted by Gasteiger charge is 2.29. The molecule has 4 nitrogen and oxygen atoms in total. The van der Waals surface area contributed by atoms with Crippen LogP contribution in [0.4, 0.5) is 0 Å². The van der Waals surface area contributed by atoms with E-state index in [1.165, 1.54) is 5.56 Å². The number of likely N-dealkylation sites (tertiary alicyclic amines) is 1. The van der Waals surface area contributed by atoms with Gasteiger partial charge in [-0.3, -0.25) is 9.69 Å². The third-order valence-electron chi connectivity index (χ3n) is 3.84. The molecule has 0 aliphatic carbocycles. The first-order valence-corrected chi connectivity index (χ1v) is 7.25. The number of hydrogen-bond acceptors (Lipinski definition) is 3. The highest BCUT2D eigenvalue weighted by atomic mass is 16.5. The Morgan fingerprint density at radius 3 is 3.00 bits per heavy atom. The van der Waals surface area contributed by atoms with Crippen LogP contribution in [0.15, 0.2) is 18.2 Å². The fourth-order valence-corrected chi connectivity index (χ4v) is 2.69. The van der Waals surface area contributed by atoms with Gasteiger partial charge in [0.2, 0.25) is 0 Å². The largest absolute Gasteiger partial charge is 0.493 e. The monoisotopic (exact) mass is 277 g/mol. The molecule has 0 spiro atoms. The zero-order valence-corrected chi connectivity index (χ0v) is 12.3. The van der Waals surface area contributed by atoms with Gasteiger partial charge in [0.15, 0.2) is 0 Å². The van der Waals surface area contributed by atoms with Gasteiger partial charge in [-0.05, 0) is 56.8 Å². The van der Waals surface area contributed by atoms with Crippen LogP contribution in [0.3, 0.4) is 0 Å². The zero-order chi connectivity index (χ0) is 14.5. The molecule has 0 radical (unpaired) electrons. The van der Waals surface area contributed by atoms with Crippen LogP contribution in [0, 0.1) is 13.8 Å². The Hall–Kier alpha value is -1.55. The minimum absolute atomic E-state index is 0.296. The summed E-state index contributed by atoms with van der Waals surface area (Å²) in [5.41, 5.74) is 2.33. The lowest BCUT2D eigenvalue weighted by molar-refractivity contribution is -0.142. The van der Waals surface area contributed by atoms with E-state index in [2.05, 4.69) is 17.0 Å². The average Bonchev–Trinajstić information content (AvgIpc) is 2.87. The Balaban J connectivity index is 1.76. The van der Waals surface area contributed by atoms with Gasteiger partial charge in [0, 0.05) is 6.54 Å². The number of hydrogen-bond donors (Lipinski definition) is 1. The number of nitrogens with zero attached hydrogens (tertiary/aromatic N) is 1. The first-order valence-electron chi connectivity index (χ1n) is 7.25. The molecule has 20 heavy (non-hydrogen) atoms. The SMILES string of the molecule is Cc1ccc(C)c(OCCCN2CCCC2C(=O)O)c1. The number of ether oxygens (including phenoxy) is 1. The molecule has 1 heterocycles. The number of benzene rings is 1. The summed E-state index contributed by atoms with van der Waals surface area (Å²) in [6, 6.07) is 5.89. The van der Waals surface area contributed by atoms with E-state index in [4.69, 9.17) is 9.84 Å². The first-order chi connectivity index (χ1) is 9.58. The maximum absolute atomic E-state index is 11.1. The molecule has 1 N–H and O–H groups in total. The number of rotatable bonds is 6. The second-order valence-corrected chi connectivity index (χ2v) is 5.50. The fourth-order valence-electron chi connectivity index (χ4n) is 2.69. The summed E-state index contributed by atoms with van der Waals surface area (Å²) in [5.74, 6) is 0.235. The van der Waals surface area contributed by atoms with E-state index in [1.54, 1.807) is 0 Å². The molecule has 1 aromatic rings. The van der Waals surface area contributed by atoms with Crippen molar-refractivity contribution in [2.24, 2.45) is 0 Å². The number of aliphatic carboxylic acids is 1. The third kappa shape index (κ3) is 3.73. The summed E-state index contributed by atoms with van der Waals surface area (Å²) in [6.45, 7) is 6.40. The topological polar surface area (TPSA) is 49.8 Å². The number of carboxylic acid groups (broad SMARTS) is 1. The summed E-state index contributed by atoms with van der Waals surface area (Å²) in [5, 5.41) is 9.11. The summed E-state index contributed by atoms with van der Waals surface area (Å²) >= 11 is 0. The van der Waals surface area contributed by atoms with E-state index in [0.29, 0.717) is 6.61 Å². The zero-order valence-electron chi connectivity index (χ0n) is 12.3. The van der Waals surface area contributed by atoms with Crippen molar-refractivity contribution in [1.82, 2.24) is 4.90 Å². The predicted molar refractivity (Wildman–Crippen MR) is 78.3 cm³/mol. The number of carboxylic acids is 1. The minimum atomic E-state index is -0.696. The van der Waals surface area contributed by atoms with Crippen LogP contribution in [0.1, 0.15) is 30.4 Å². The molecule has 1 unspecified atom stereocenters. The van der Waals surface area contributed by atoms with Crippen molar-refractivity contribution in [2.75, 3.05) is 19.7 Å². The smallest absolute Gasteiger partial charge is 0.320 e. The van der Waals surface area contributed by atoms with Gasteiger partial charge in [-0.2, -0.15) is 0 Å². The molecular formula is C16H23NO3. The summed E-state index contributed by atoms with van der Waals surface area (Å²) < 4.78 is 5.80. The molecule has 0 bridgehead atoms. The quantitative estimate of drug-likeness (QED) is 0.812. The van der Waals surface area contributed by atoms with Crippen LogP contribution >= 0.6 is 0 Å². The Morgan fingerprint density at radius 2 is 2.25 bits per heavy atom. The van der Waals surface area contributed by atoms with Gasteiger partial charge in [-0.15, -0.1) is 0 Å². The van der Waals surface area contributed by atoms with Crippen LogP contribution in [-0.4, -0.2) is 41.7 Å². The van der Waals surface area contributed by atoms with Crippen LogP contribution in [0.25, 0.3) is 0 Å². The summed E-state index contributed by atoms with van der Waals surface area (Å²) in [6.07, 6.45) is 2.61. The number of carbonyl (C=O) groups is 1. The molecule has 1 atom stereocenters. The van der Waals surface area contributed by atoms with Crippen molar-refractivity contribution in [1.29, 1.82) is 0 Å². The van der Waals surface area contributed by atoms with Gasteiger partial charge in [-0.25, -0.2) is 0 Å². The maximum atomic E-state index is 11.1. The van der Waals surface area contributed by atoms with Crippen LogP contribution in [-0.2, 0) is 4.79 Å². The minimum Gasteiger partial charge on any atom is -0.493 e. The lowest BCUT2D eigenvalue weighted by Gasteiger charge is -2.20. The van der Waals surface area contributed by atoms with Crippen molar-refractivity contribution < 1.29 is 14.6 Å². The molecule has 1 saturated heterocycles. The molecular weight excluding hydrogens is 254 g/mol. The van der Waals surface area contributed by atoms with Crippen LogP contribution < -0.4 is 4.74 Å². The molecule has 4 heteroatoms. The summed E-state index contributed by atoms with van der Waals surface area (Å²) in [7, 11) is 0. The summed E-state index contributed by atoms with van der Waals surface area (Å²) in [4.78, 5) is 13.1. The van der Waals surface area contributed by atoms with E-state index in [0.717, 1.165) is 43.7 Å². The molecule has 1 fully saturated rings. The van der Waals surface area contributed by atoms with E-state index in [9.17, 15) is 4.79 Å². The maximum Gasteiger partial charge on any atom is 0.320 e. The van der Waals surface area contributed by atoms with E-state index in [-0.39, 0.29) is 6.04 Å². The second-order valence-electron chi connectivity index (χ2n) is 5.50. The van der Waals surface area contributed by atoms with Crippen molar-refractivity contribution in [3.63, 3.8) is 0 Å². The molecule has 2 rings (SSSR count). The standard InChI is InChI=1S/C16H23NO3/c1-12-6-7-13(2)15(11-12)20-10-4-9-17-8-3-5-14(17)16(18)19/h6-7,11,14H,3-5,8-10H2,1-2H3,(H,18,19). The van der Waals surface area contributed by atoms with Crippen molar-refractivity contribution in [2.45, 2.75) is 39.2 Å². The van der Waals surface area contributed by atoms with Gasteiger partial charge < -0.3 is 9.84 Å². The van der Waals surface area contributed by atoms with Gasteiger partial charge in [0.25, 0.3) is 0 Å². The van der Waals surface area contributed by atoms with Gasteiger partial charge >= 0.3 is 5.97 Å². The molecule has 0 aromatic heterocycles. The van der Waals surface area contributed by atoms with Gasteiger partial charge in [0.05, 0.1) is 6.61 Å². The molecule has 1 aliphatic heterocycles. The van der Waals surface area contributed by atoms with Crippen molar-refractivity contribution >= 4 is 5.97 Å². The van der Waals surface area contributed by atoms with Crippen molar-refractivity contribution in [3.05, 3.63) is 29.3 Å². The lowest BCUT2D eigenvalue weighted by Crippen LogP contribution is -2.36. The Labute approximate surface area is 120 Å². The van der Waals surface area contributed by atoms with E-state index >= 15 is 0 Å². The highest BCUT2D eigenvalue weighted by molar-refractivity contribution is 5.73. The molecule has 0 saturated carbocycles. The van der Waals surface area contributed by atoms with E-state index < -0.39 is 5.97 Å². The predicted octanol–water partition coefficient (Wildman–Crippen LogP) is 2.62. The van der Waals surface area contributed by atoms with Crippen LogP contribution in [0.2, 0.25) is 0 Å². The van der Waals surface area contributed by atoms with Crippen molar-refractivity contribution in [3.8, 4) is 5.75 Å².